The molecule has 0 spiro atoms. The normalized spacial score (nSPS) is 12.1. The van der Waals surface area contributed by atoms with E-state index in [0.717, 1.165) is 6.42 Å². The zero-order chi connectivity index (χ0) is 13.3. The Labute approximate surface area is 103 Å². The lowest BCUT2D eigenvalue weighted by Gasteiger charge is -2.19. The van der Waals surface area contributed by atoms with Gasteiger partial charge in [0.2, 0.25) is 0 Å². The highest BCUT2D eigenvalue weighted by molar-refractivity contribution is 5.69. The number of nitrogens with one attached hydrogen (secondary N) is 1. The molecule has 0 aliphatic heterocycles. The topological polar surface area (TPSA) is 64.6 Å². The summed E-state index contributed by atoms with van der Waals surface area (Å²) >= 11 is 0. The lowest BCUT2D eigenvalue weighted by atomic mass is 10.1. The van der Waals surface area contributed by atoms with Gasteiger partial charge in [0.1, 0.15) is 12.7 Å². The number of carbonyl (C=O) groups is 2. The quantitative estimate of drug-likeness (QED) is 0.551. The molecule has 0 aliphatic carbocycles. The van der Waals surface area contributed by atoms with Crippen molar-refractivity contribution in [3.63, 3.8) is 0 Å². The lowest BCUT2D eigenvalue weighted by Crippen LogP contribution is -2.33. The molecule has 0 aromatic heterocycles. The molecule has 0 aromatic carbocycles. The standard InChI is InChI=1S/C12H23NO4/c1-5-10(9(3)4)17-12(15)13-7-8-16-11(14)6-2/h9-10H,5-8H2,1-4H3,(H,13,15). The largest absolute Gasteiger partial charge is 0.464 e. The average molecular weight is 245 g/mol. The summed E-state index contributed by atoms with van der Waals surface area (Å²) in [5.41, 5.74) is 0. The number of alkyl carbamates (subject to hydrolysis) is 1. The second-order valence-electron chi connectivity index (χ2n) is 4.10. The monoisotopic (exact) mass is 245 g/mol. The van der Waals surface area contributed by atoms with Crippen molar-refractivity contribution in [2.75, 3.05) is 13.2 Å². The zero-order valence-electron chi connectivity index (χ0n) is 11.1. The van der Waals surface area contributed by atoms with E-state index < -0.39 is 6.09 Å². The first-order chi connectivity index (χ1) is 8.01. The molecule has 5 nitrogen and oxygen atoms in total. The molecule has 0 bridgehead atoms. The summed E-state index contributed by atoms with van der Waals surface area (Å²) in [6.07, 6.45) is 0.595. The maximum Gasteiger partial charge on any atom is 0.407 e. The minimum absolute atomic E-state index is 0.0757. The van der Waals surface area contributed by atoms with Crippen molar-refractivity contribution in [3.8, 4) is 0 Å². The molecule has 0 saturated heterocycles. The van der Waals surface area contributed by atoms with Crippen LogP contribution in [0.3, 0.4) is 0 Å². The molecule has 1 amide bonds. The van der Waals surface area contributed by atoms with Crippen LogP contribution in [-0.2, 0) is 14.3 Å². The van der Waals surface area contributed by atoms with Gasteiger partial charge in [-0.2, -0.15) is 0 Å². The van der Waals surface area contributed by atoms with Gasteiger partial charge >= 0.3 is 12.1 Å². The van der Waals surface area contributed by atoms with Crippen LogP contribution in [0.2, 0.25) is 0 Å². The second-order valence-corrected chi connectivity index (χ2v) is 4.10. The third-order valence-corrected chi connectivity index (χ3v) is 2.33. The maximum atomic E-state index is 11.4. The fourth-order valence-electron chi connectivity index (χ4n) is 1.29. The Bertz CT molecular complexity index is 241. The second kappa shape index (κ2) is 8.84. The molecule has 5 heteroatoms. The highest BCUT2D eigenvalue weighted by atomic mass is 16.6. The molecule has 100 valence electrons. The molecule has 0 saturated carbocycles. The third-order valence-electron chi connectivity index (χ3n) is 2.33. The van der Waals surface area contributed by atoms with Crippen molar-refractivity contribution in [3.05, 3.63) is 0 Å². The van der Waals surface area contributed by atoms with Crippen LogP contribution in [-0.4, -0.2) is 31.3 Å². The molecule has 0 aliphatic rings. The summed E-state index contributed by atoms with van der Waals surface area (Å²) in [5, 5.41) is 2.54. The van der Waals surface area contributed by atoms with Crippen LogP contribution in [0, 0.1) is 5.92 Å². The molecule has 0 heterocycles. The van der Waals surface area contributed by atoms with Gasteiger partial charge in [-0.1, -0.05) is 27.7 Å². The third kappa shape index (κ3) is 7.60. The maximum absolute atomic E-state index is 11.4. The van der Waals surface area contributed by atoms with Gasteiger partial charge in [-0.25, -0.2) is 4.79 Å². The van der Waals surface area contributed by atoms with Crippen molar-refractivity contribution in [2.24, 2.45) is 5.92 Å². The van der Waals surface area contributed by atoms with E-state index in [4.69, 9.17) is 9.47 Å². The number of ether oxygens (including phenoxy) is 2. The number of hydrogen-bond acceptors (Lipinski definition) is 4. The lowest BCUT2D eigenvalue weighted by molar-refractivity contribution is -0.143. The van der Waals surface area contributed by atoms with Crippen LogP contribution in [0.25, 0.3) is 0 Å². The van der Waals surface area contributed by atoms with Crippen LogP contribution in [0.4, 0.5) is 4.79 Å². The molecule has 0 radical (unpaired) electrons. The molecular weight excluding hydrogens is 222 g/mol. The number of esters is 1. The predicted molar refractivity (Wildman–Crippen MR) is 64.7 cm³/mol. The van der Waals surface area contributed by atoms with Crippen LogP contribution < -0.4 is 5.32 Å². The van der Waals surface area contributed by atoms with Gasteiger partial charge in [-0.3, -0.25) is 4.79 Å². The van der Waals surface area contributed by atoms with Gasteiger partial charge in [0, 0.05) is 6.42 Å². The smallest absolute Gasteiger partial charge is 0.407 e. The van der Waals surface area contributed by atoms with E-state index in [0.29, 0.717) is 12.3 Å². The number of rotatable bonds is 7. The van der Waals surface area contributed by atoms with Crippen molar-refractivity contribution < 1.29 is 19.1 Å². The highest BCUT2D eigenvalue weighted by Gasteiger charge is 2.15. The van der Waals surface area contributed by atoms with E-state index in [1.807, 2.05) is 20.8 Å². The van der Waals surface area contributed by atoms with E-state index >= 15 is 0 Å². The Hall–Kier alpha value is -1.26. The van der Waals surface area contributed by atoms with Crippen LogP contribution >= 0.6 is 0 Å². The summed E-state index contributed by atoms with van der Waals surface area (Å²) in [7, 11) is 0. The van der Waals surface area contributed by atoms with E-state index in [-0.39, 0.29) is 25.2 Å². The summed E-state index contributed by atoms with van der Waals surface area (Å²) in [5.74, 6) is 0.0254. The van der Waals surface area contributed by atoms with Crippen molar-refractivity contribution in [2.45, 2.75) is 46.6 Å². The fourth-order valence-corrected chi connectivity index (χ4v) is 1.29. The fraction of sp³-hybridized carbons (Fsp3) is 0.833. The number of amides is 1. The minimum atomic E-state index is -0.460. The Kier molecular flexibility index (Phi) is 8.19. The van der Waals surface area contributed by atoms with E-state index in [1.165, 1.54) is 0 Å². The Morgan fingerprint density at radius 2 is 1.88 bits per heavy atom. The summed E-state index contributed by atoms with van der Waals surface area (Å²) < 4.78 is 10.0. The van der Waals surface area contributed by atoms with Gasteiger partial charge in [0.05, 0.1) is 6.54 Å². The van der Waals surface area contributed by atoms with Crippen LogP contribution in [0.15, 0.2) is 0 Å². The van der Waals surface area contributed by atoms with Crippen molar-refractivity contribution in [1.82, 2.24) is 5.32 Å². The Morgan fingerprint density at radius 1 is 1.24 bits per heavy atom. The molecule has 1 atom stereocenters. The molecule has 0 aromatic rings. The van der Waals surface area contributed by atoms with E-state index in [1.54, 1.807) is 6.92 Å². The van der Waals surface area contributed by atoms with Crippen LogP contribution in [0.5, 0.6) is 0 Å². The van der Waals surface area contributed by atoms with Gasteiger partial charge in [0.15, 0.2) is 0 Å². The SMILES string of the molecule is CCC(=O)OCCNC(=O)OC(CC)C(C)C. The molecule has 1 unspecified atom stereocenters. The molecule has 0 fully saturated rings. The van der Waals surface area contributed by atoms with Crippen molar-refractivity contribution in [1.29, 1.82) is 0 Å². The van der Waals surface area contributed by atoms with E-state index in [2.05, 4.69) is 5.32 Å². The first kappa shape index (κ1) is 15.7. The minimum Gasteiger partial charge on any atom is -0.464 e. The predicted octanol–water partition coefficient (Wildman–Crippen LogP) is 2.10. The summed E-state index contributed by atoms with van der Waals surface area (Å²) in [6, 6.07) is 0. The summed E-state index contributed by atoms with van der Waals surface area (Å²) in [4.78, 5) is 22.2. The number of carbonyl (C=O) groups excluding carboxylic acids is 2. The Balaban J connectivity index is 3.69. The van der Waals surface area contributed by atoms with Crippen LogP contribution in [0.1, 0.15) is 40.5 Å². The highest BCUT2D eigenvalue weighted by Crippen LogP contribution is 2.09. The van der Waals surface area contributed by atoms with Gasteiger partial charge in [0.25, 0.3) is 0 Å². The Morgan fingerprint density at radius 3 is 2.35 bits per heavy atom. The summed E-state index contributed by atoms with van der Waals surface area (Å²) in [6.45, 7) is 8.16. The van der Waals surface area contributed by atoms with Gasteiger partial charge in [-0.15, -0.1) is 0 Å². The molecular formula is C12H23NO4. The first-order valence-corrected chi connectivity index (χ1v) is 6.11. The molecule has 17 heavy (non-hydrogen) atoms. The first-order valence-electron chi connectivity index (χ1n) is 6.11. The van der Waals surface area contributed by atoms with E-state index in [9.17, 15) is 9.59 Å². The number of hydrogen-bond donors (Lipinski definition) is 1. The average Bonchev–Trinajstić information content (AvgIpc) is 2.30. The molecule has 1 N–H and O–H groups in total. The van der Waals surface area contributed by atoms with Gasteiger partial charge < -0.3 is 14.8 Å². The zero-order valence-corrected chi connectivity index (χ0v) is 11.1. The van der Waals surface area contributed by atoms with Gasteiger partial charge in [-0.05, 0) is 12.3 Å². The van der Waals surface area contributed by atoms with Crippen molar-refractivity contribution >= 4 is 12.1 Å². The molecule has 0 rings (SSSR count).